The molecule has 0 spiro atoms. The number of alkyl halides is 3. The number of carbonyl (C=O) groups is 2. The third-order valence-corrected chi connectivity index (χ3v) is 9.32. The number of amides is 2. The minimum Gasteiger partial charge on any atom is -0.350 e. The Morgan fingerprint density at radius 1 is 1.03 bits per heavy atom. The highest BCUT2D eigenvalue weighted by molar-refractivity contribution is 7.86. The van der Waals surface area contributed by atoms with Crippen molar-refractivity contribution in [3.05, 3.63) is 35.4 Å². The first-order valence-corrected chi connectivity index (χ1v) is 13.4. The Labute approximate surface area is 203 Å². The SMILES string of the molecule is C[C@H]1CCN1S(=O)(=O)N1CCC[C@H](C(=O)N2CCC[C@@H]2C(=O)NCc2ccc(C(F)(F)F)cc2)C1. The molecule has 3 heterocycles. The monoisotopic (exact) mass is 516 g/mol. The maximum Gasteiger partial charge on any atom is 0.416 e. The van der Waals surface area contributed by atoms with Crippen LogP contribution in [0.15, 0.2) is 24.3 Å². The van der Waals surface area contributed by atoms with Crippen molar-refractivity contribution in [3.8, 4) is 0 Å². The van der Waals surface area contributed by atoms with Gasteiger partial charge in [-0.25, -0.2) is 0 Å². The molecule has 8 nitrogen and oxygen atoms in total. The highest BCUT2D eigenvalue weighted by atomic mass is 32.2. The van der Waals surface area contributed by atoms with Gasteiger partial charge < -0.3 is 10.2 Å². The van der Waals surface area contributed by atoms with Crippen molar-refractivity contribution in [2.45, 2.75) is 63.8 Å². The molecule has 0 saturated carbocycles. The summed E-state index contributed by atoms with van der Waals surface area (Å²) in [6, 6.07) is 3.87. The summed E-state index contributed by atoms with van der Waals surface area (Å²) in [6.45, 7) is 3.33. The Morgan fingerprint density at radius 2 is 1.71 bits per heavy atom. The van der Waals surface area contributed by atoms with E-state index in [1.165, 1.54) is 25.6 Å². The zero-order valence-electron chi connectivity index (χ0n) is 19.6. The predicted molar refractivity (Wildman–Crippen MR) is 122 cm³/mol. The molecule has 1 aromatic rings. The third-order valence-electron chi connectivity index (χ3n) is 7.20. The van der Waals surface area contributed by atoms with Gasteiger partial charge >= 0.3 is 6.18 Å². The van der Waals surface area contributed by atoms with Crippen LogP contribution in [0.5, 0.6) is 0 Å². The fourth-order valence-electron chi connectivity index (χ4n) is 4.99. The molecule has 1 N–H and O–H groups in total. The molecule has 12 heteroatoms. The van der Waals surface area contributed by atoms with E-state index < -0.39 is 33.9 Å². The molecular formula is C23H31F3N4O4S. The molecule has 3 fully saturated rings. The second-order valence-corrected chi connectivity index (χ2v) is 11.4. The van der Waals surface area contributed by atoms with Gasteiger partial charge in [0.1, 0.15) is 6.04 Å². The highest BCUT2D eigenvalue weighted by Crippen LogP contribution is 2.31. The molecular weight excluding hydrogens is 485 g/mol. The van der Waals surface area contributed by atoms with Gasteiger partial charge in [0.05, 0.1) is 11.5 Å². The summed E-state index contributed by atoms with van der Waals surface area (Å²) < 4.78 is 66.9. The number of rotatable bonds is 6. The molecule has 4 rings (SSSR count). The van der Waals surface area contributed by atoms with Crippen molar-refractivity contribution in [2.75, 3.05) is 26.2 Å². The Morgan fingerprint density at radius 3 is 2.31 bits per heavy atom. The molecule has 0 unspecified atom stereocenters. The maximum absolute atomic E-state index is 13.3. The van der Waals surface area contributed by atoms with Gasteiger partial charge in [-0.2, -0.15) is 30.2 Å². The van der Waals surface area contributed by atoms with E-state index in [2.05, 4.69) is 5.32 Å². The Bertz CT molecular complexity index is 1050. The van der Waals surface area contributed by atoms with Crippen LogP contribution in [0.1, 0.15) is 50.2 Å². The Hall–Kier alpha value is -2.18. The van der Waals surface area contributed by atoms with Gasteiger partial charge in [0.15, 0.2) is 0 Å². The van der Waals surface area contributed by atoms with Crippen molar-refractivity contribution in [1.29, 1.82) is 0 Å². The van der Waals surface area contributed by atoms with E-state index in [0.29, 0.717) is 50.9 Å². The fourth-order valence-corrected chi connectivity index (χ4v) is 6.91. The van der Waals surface area contributed by atoms with Crippen LogP contribution in [0.4, 0.5) is 13.2 Å². The number of halogens is 3. The Kier molecular flexibility index (Phi) is 7.44. The quantitative estimate of drug-likeness (QED) is 0.629. The number of likely N-dealkylation sites (tertiary alicyclic amines) is 1. The van der Waals surface area contributed by atoms with E-state index in [9.17, 15) is 31.2 Å². The lowest BCUT2D eigenvalue weighted by molar-refractivity contribution is -0.142. The normalized spacial score (nSPS) is 26.4. The summed E-state index contributed by atoms with van der Waals surface area (Å²) >= 11 is 0. The van der Waals surface area contributed by atoms with E-state index in [-0.39, 0.29) is 30.9 Å². The van der Waals surface area contributed by atoms with Crippen LogP contribution in [0.3, 0.4) is 0 Å². The molecule has 194 valence electrons. The minimum absolute atomic E-state index is 0.0348. The van der Waals surface area contributed by atoms with Crippen LogP contribution in [0.25, 0.3) is 0 Å². The maximum atomic E-state index is 13.3. The number of piperidine rings is 1. The largest absolute Gasteiger partial charge is 0.416 e. The third kappa shape index (κ3) is 5.49. The van der Waals surface area contributed by atoms with Crippen LogP contribution < -0.4 is 5.32 Å². The second kappa shape index (κ2) is 10.1. The van der Waals surface area contributed by atoms with Gasteiger partial charge in [-0.05, 0) is 56.7 Å². The number of hydrogen-bond acceptors (Lipinski definition) is 4. The van der Waals surface area contributed by atoms with Crippen molar-refractivity contribution < 1.29 is 31.2 Å². The van der Waals surface area contributed by atoms with Gasteiger partial charge in [0.2, 0.25) is 11.8 Å². The summed E-state index contributed by atoms with van der Waals surface area (Å²) in [5.74, 6) is -1.07. The first kappa shape index (κ1) is 25.9. The number of nitrogens with zero attached hydrogens (tertiary/aromatic N) is 3. The van der Waals surface area contributed by atoms with E-state index in [1.54, 1.807) is 0 Å². The molecule has 35 heavy (non-hydrogen) atoms. The smallest absolute Gasteiger partial charge is 0.350 e. The molecule has 3 atom stereocenters. The molecule has 0 bridgehead atoms. The second-order valence-electron chi connectivity index (χ2n) is 9.56. The molecule has 2 amide bonds. The molecule has 3 saturated heterocycles. The summed E-state index contributed by atoms with van der Waals surface area (Å²) in [5, 5.41) is 2.73. The highest BCUT2D eigenvalue weighted by Gasteiger charge is 2.43. The van der Waals surface area contributed by atoms with Crippen LogP contribution in [0, 0.1) is 5.92 Å². The first-order valence-electron chi connectivity index (χ1n) is 12.0. The average Bonchev–Trinajstić information content (AvgIpc) is 3.30. The molecule has 0 aromatic heterocycles. The fraction of sp³-hybridized carbons (Fsp3) is 0.652. The van der Waals surface area contributed by atoms with Gasteiger partial charge in [-0.15, -0.1) is 0 Å². The van der Waals surface area contributed by atoms with E-state index in [4.69, 9.17) is 0 Å². The van der Waals surface area contributed by atoms with Gasteiger partial charge in [0, 0.05) is 38.8 Å². The van der Waals surface area contributed by atoms with Crippen molar-refractivity contribution in [1.82, 2.24) is 18.8 Å². The number of benzene rings is 1. The van der Waals surface area contributed by atoms with Crippen molar-refractivity contribution in [2.24, 2.45) is 5.92 Å². The van der Waals surface area contributed by atoms with Crippen LogP contribution in [-0.4, -0.2) is 72.0 Å². The van der Waals surface area contributed by atoms with Crippen LogP contribution in [-0.2, 0) is 32.5 Å². The minimum atomic E-state index is -4.42. The predicted octanol–water partition coefficient (Wildman–Crippen LogP) is 2.36. The topological polar surface area (TPSA) is 90.0 Å². The molecule has 3 aliphatic heterocycles. The molecule has 0 radical (unpaired) electrons. The molecule has 1 aromatic carbocycles. The van der Waals surface area contributed by atoms with Crippen molar-refractivity contribution >= 4 is 22.0 Å². The number of hydrogen-bond donors (Lipinski definition) is 1. The summed E-state index contributed by atoms with van der Waals surface area (Å²) in [7, 11) is -3.60. The Balaban J connectivity index is 1.35. The number of carbonyl (C=O) groups excluding carboxylic acids is 2. The van der Waals surface area contributed by atoms with E-state index >= 15 is 0 Å². The lowest BCUT2D eigenvalue weighted by Gasteiger charge is -2.42. The summed E-state index contributed by atoms with van der Waals surface area (Å²) in [5.41, 5.74) is -0.233. The van der Waals surface area contributed by atoms with Gasteiger partial charge in [-0.3, -0.25) is 9.59 Å². The van der Waals surface area contributed by atoms with E-state index in [1.807, 2.05) is 6.92 Å². The van der Waals surface area contributed by atoms with Crippen LogP contribution in [0.2, 0.25) is 0 Å². The lowest BCUT2D eigenvalue weighted by atomic mass is 9.97. The number of nitrogens with one attached hydrogen (secondary N) is 1. The first-order chi connectivity index (χ1) is 16.5. The van der Waals surface area contributed by atoms with Crippen LogP contribution >= 0.6 is 0 Å². The molecule has 0 aliphatic carbocycles. The molecule has 3 aliphatic rings. The zero-order valence-corrected chi connectivity index (χ0v) is 20.4. The average molecular weight is 517 g/mol. The van der Waals surface area contributed by atoms with Gasteiger partial charge in [-0.1, -0.05) is 12.1 Å². The standard InChI is InChI=1S/C23H31F3N4O4S/c1-16-10-13-30(16)35(33,34)28-11-2-4-18(15-28)22(32)29-12-3-5-20(29)21(31)27-14-17-6-8-19(9-7-17)23(24,25)26/h6-9,16,18,20H,2-5,10-15H2,1H3,(H,27,31)/t16-,18-,20+/m0/s1. The van der Waals surface area contributed by atoms with E-state index in [0.717, 1.165) is 18.6 Å². The summed E-state index contributed by atoms with van der Waals surface area (Å²) in [6.07, 6.45) is -1.30. The summed E-state index contributed by atoms with van der Waals surface area (Å²) in [4.78, 5) is 27.7. The van der Waals surface area contributed by atoms with Crippen molar-refractivity contribution in [3.63, 3.8) is 0 Å². The van der Waals surface area contributed by atoms with Gasteiger partial charge in [0.25, 0.3) is 10.2 Å². The lowest BCUT2D eigenvalue weighted by Crippen LogP contribution is -2.58. The zero-order chi connectivity index (χ0) is 25.4.